The molecule has 0 unspecified atom stereocenters. The molecule has 0 spiro atoms. The zero-order valence-electron chi connectivity index (χ0n) is 21.7. The van der Waals surface area contributed by atoms with Crippen LogP contribution in [0.1, 0.15) is 50.9 Å². The van der Waals surface area contributed by atoms with Gasteiger partial charge in [0.05, 0.1) is 34.5 Å². The van der Waals surface area contributed by atoms with Gasteiger partial charge in [0, 0.05) is 24.5 Å². The summed E-state index contributed by atoms with van der Waals surface area (Å²) >= 11 is 0. The van der Waals surface area contributed by atoms with Gasteiger partial charge in [0.15, 0.2) is 5.82 Å². The first-order valence-corrected chi connectivity index (χ1v) is 13.8. The maximum Gasteiger partial charge on any atom is 0.408 e. The number of nitrogens with zero attached hydrogens (tertiary/aromatic N) is 5. The van der Waals surface area contributed by atoms with Crippen molar-refractivity contribution < 1.29 is 26.4 Å². The van der Waals surface area contributed by atoms with Crippen LogP contribution in [0.2, 0.25) is 0 Å². The van der Waals surface area contributed by atoms with Gasteiger partial charge < -0.3 is 16.0 Å². The molecule has 1 aliphatic carbocycles. The van der Waals surface area contributed by atoms with E-state index in [4.69, 9.17) is 0 Å². The first kappa shape index (κ1) is 28.3. The first-order valence-electron chi connectivity index (χ1n) is 12.3. The maximum atomic E-state index is 13.4. The molecule has 11 nitrogen and oxygen atoms in total. The zero-order chi connectivity index (χ0) is 28.5. The highest BCUT2D eigenvalue weighted by atomic mass is 32.2. The summed E-state index contributed by atoms with van der Waals surface area (Å²) in [7, 11) is -3.54. The highest BCUT2D eigenvalue weighted by Crippen LogP contribution is 2.31. The van der Waals surface area contributed by atoms with Gasteiger partial charge in [0.25, 0.3) is 15.9 Å². The van der Waals surface area contributed by atoms with Gasteiger partial charge in [-0.05, 0) is 38.7 Å². The van der Waals surface area contributed by atoms with Crippen molar-refractivity contribution in [3.63, 3.8) is 0 Å². The van der Waals surface area contributed by atoms with Gasteiger partial charge >= 0.3 is 6.18 Å². The third-order valence-corrected chi connectivity index (χ3v) is 7.87. The molecule has 4 rings (SSSR count). The highest BCUT2D eigenvalue weighted by molar-refractivity contribution is 7.90. The van der Waals surface area contributed by atoms with Crippen LogP contribution in [0.15, 0.2) is 36.9 Å². The number of alkyl halides is 3. The summed E-state index contributed by atoms with van der Waals surface area (Å²) in [4.78, 5) is 25.6. The number of nitrogens with one attached hydrogen (secondary N) is 3. The van der Waals surface area contributed by atoms with E-state index >= 15 is 0 Å². The van der Waals surface area contributed by atoms with Crippen LogP contribution in [0.5, 0.6) is 0 Å². The summed E-state index contributed by atoms with van der Waals surface area (Å²) in [5.74, 6) is -0.967. The summed E-state index contributed by atoms with van der Waals surface area (Å²) in [6, 6.07) is 0.903. The predicted octanol–water partition coefficient (Wildman–Crippen LogP) is 3.96. The van der Waals surface area contributed by atoms with Crippen LogP contribution in [-0.4, -0.2) is 62.0 Å². The average Bonchev–Trinajstić information content (AvgIpc) is 3.58. The van der Waals surface area contributed by atoms with Crippen LogP contribution in [0.4, 0.5) is 30.5 Å². The molecular formula is C24H29F3N8O3S. The molecule has 3 aromatic heterocycles. The predicted molar refractivity (Wildman–Crippen MR) is 139 cm³/mol. The van der Waals surface area contributed by atoms with Crippen molar-refractivity contribution in [1.29, 1.82) is 0 Å². The van der Waals surface area contributed by atoms with Gasteiger partial charge in [0.2, 0.25) is 0 Å². The summed E-state index contributed by atoms with van der Waals surface area (Å²) < 4.78 is 66.0. The topological polar surface area (TPSA) is 144 Å². The molecule has 0 radical (unpaired) electrons. The van der Waals surface area contributed by atoms with E-state index in [0.29, 0.717) is 24.2 Å². The van der Waals surface area contributed by atoms with Crippen LogP contribution >= 0.6 is 0 Å². The lowest BCUT2D eigenvalue weighted by atomic mass is 10.0. The van der Waals surface area contributed by atoms with E-state index in [1.54, 1.807) is 6.07 Å². The van der Waals surface area contributed by atoms with E-state index < -0.39 is 39.3 Å². The van der Waals surface area contributed by atoms with Crippen LogP contribution < -0.4 is 16.0 Å². The standard InChI is InChI=1S/C24H29F3N8O3S/c1-13(2)21(24(25,26)27)34-23(36)17-11-29-20(9-18(17)31-14(3)4)32-19-7-8-28-22(33-19)15-10-30-35(12-15)39(37,38)16-5-6-16/h7-14,16,21H,5-6H2,1-4H3,(H,34,36)(H2,28,29,31,32,33)/t21-/m0/s1. The minimum atomic E-state index is -4.60. The van der Waals surface area contributed by atoms with Gasteiger partial charge in [-0.3, -0.25) is 4.79 Å². The molecular weight excluding hydrogens is 537 g/mol. The van der Waals surface area contributed by atoms with Crippen molar-refractivity contribution in [3.05, 3.63) is 42.5 Å². The van der Waals surface area contributed by atoms with Crippen LogP contribution in [0.25, 0.3) is 11.4 Å². The number of hydrogen-bond donors (Lipinski definition) is 3. The Labute approximate surface area is 223 Å². The smallest absolute Gasteiger partial charge is 0.382 e. The fourth-order valence-corrected chi connectivity index (χ4v) is 5.23. The molecule has 0 saturated heterocycles. The Morgan fingerprint density at radius 2 is 1.82 bits per heavy atom. The Bertz CT molecular complexity index is 1450. The molecule has 0 aliphatic heterocycles. The molecule has 0 aromatic carbocycles. The third-order valence-electron chi connectivity index (χ3n) is 5.84. The van der Waals surface area contributed by atoms with Crippen molar-refractivity contribution in [1.82, 2.24) is 29.5 Å². The van der Waals surface area contributed by atoms with Gasteiger partial charge in [-0.2, -0.15) is 22.4 Å². The Morgan fingerprint density at radius 1 is 1.10 bits per heavy atom. The lowest BCUT2D eigenvalue weighted by Gasteiger charge is -2.25. The van der Waals surface area contributed by atoms with Crippen molar-refractivity contribution in [3.8, 4) is 11.4 Å². The Balaban J connectivity index is 1.56. The molecule has 15 heteroatoms. The molecule has 1 fully saturated rings. The van der Waals surface area contributed by atoms with E-state index in [1.165, 1.54) is 44.7 Å². The number of rotatable bonds is 10. The number of halogens is 3. The van der Waals surface area contributed by atoms with E-state index in [2.05, 4.69) is 36.0 Å². The van der Waals surface area contributed by atoms with Crippen molar-refractivity contribution in [2.45, 2.75) is 64.0 Å². The van der Waals surface area contributed by atoms with E-state index in [1.807, 2.05) is 13.8 Å². The number of carbonyl (C=O) groups is 1. The van der Waals surface area contributed by atoms with Crippen LogP contribution in [0.3, 0.4) is 0 Å². The van der Waals surface area contributed by atoms with Gasteiger partial charge in [-0.15, -0.1) is 0 Å². The summed E-state index contributed by atoms with van der Waals surface area (Å²) in [5, 5.41) is 11.6. The normalized spacial score (nSPS) is 14.9. The Kier molecular flexibility index (Phi) is 7.82. The fraction of sp³-hybridized carbons (Fsp3) is 0.458. The molecule has 1 saturated carbocycles. The molecule has 3 heterocycles. The van der Waals surface area contributed by atoms with Crippen molar-refractivity contribution in [2.75, 3.05) is 10.6 Å². The number of carbonyl (C=O) groups excluding carboxylic acids is 1. The first-order chi connectivity index (χ1) is 18.3. The summed E-state index contributed by atoms with van der Waals surface area (Å²) in [5.41, 5.74) is 0.636. The van der Waals surface area contributed by atoms with Crippen LogP contribution in [-0.2, 0) is 10.0 Å². The van der Waals surface area contributed by atoms with E-state index in [-0.39, 0.29) is 28.9 Å². The molecule has 210 valence electrons. The highest BCUT2D eigenvalue weighted by Gasteiger charge is 2.43. The molecule has 1 aliphatic rings. The SMILES string of the molecule is CC(C)Nc1cc(Nc2ccnc(-c3cnn(S(=O)(=O)C4CC4)c3)n2)ncc1C(=O)N[C@@H](C(C)C)C(F)(F)F. The number of hydrogen-bond acceptors (Lipinski definition) is 9. The lowest BCUT2D eigenvalue weighted by molar-refractivity contribution is -0.162. The molecule has 1 atom stereocenters. The number of aromatic nitrogens is 5. The molecule has 1 amide bonds. The minimum Gasteiger partial charge on any atom is -0.382 e. The lowest BCUT2D eigenvalue weighted by Crippen LogP contribution is -2.48. The molecule has 39 heavy (non-hydrogen) atoms. The quantitative estimate of drug-likeness (QED) is 0.332. The maximum absolute atomic E-state index is 13.4. The largest absolute Gasteiger partial charge is 0.408 e. The van der Waals surface area contributed by atoms with Gasteiger partial charge in [0.1, 0.15) is 17.7 Å². The second kappa shape index (κ2) is 10.8. The van der Waals surface area contributed by atoms with Crippen molar-refractivity contribution >= 4 is 33.3 Å². The summed E-state index contributed by atoms with van der Waals surface area (Å²) in [6.07, 6.45) is 1.98. The minimum absolute atomic E-state index is 0.0446. The Hall–Kier alpha value is -3.75. The molecule has 0 bridgehead atoms. The number of anilines is 3. The average molecular weight is 567 g/mol. The van der Waals surface area contributed by atoms with Gasteiger partial charge in [-0.25, -0.2) is 23.4 Å². The summed E-state index contributed by atoms with van der Waals surface area (Å²) in [6.45, 7) is 6.40. The van der Waals surface area contributed by atoms with Crippen LogP contribution in [0, 0.1) is 5.92 Å². The fourth-order valence-electron chi connectivity index (χ4n) is 3.76. The van der Waals surface area contributed by atoms with Crippen molar-refractivity contribution in [2.24, 2.45) is 5.92 Å². The number of amides is 1. The van der Waals surface area contributed by atoms with E-state index in [9.17, 15) is 26.4 Å². The molecule has 3 N–H and O–H groups in total. The zero-order valence-corrected chi connectivity index (χ0v) is 22.5. The van der Waals surface area contributed by atoms with Gasteiger partial charge in [-0.1, -0.05) is 13.8 Å². The second-order valence-electron chi connectivity index (χ2n) is 9.89. The third kappa shape index (κ3) is 6.64. The Morgan fingerprint density at radius 3 is 2.44 bits per heavy atom. The number of pyridine rings is 1. The second-order valence-corrected chi connectivity index (χ2v) is 12.0. The van der Waals surface area contributed by atoms with E-state index in [0.717, 1.165) is 4.09 Å². The molecule has 3 aromatic rings. The monoisotopic (exact) mass is 566 g/mol.